The highest BCUT2D eigenvalue weighted by Crippen LogP contribution is 2.26. The Hall–Kier alpha value is -1.82. The van der Waals surface area contributed by atoms with Gasteiger partial charge in [0.25, 0.3) is 0 Å². The molecule has 0 unspecified atom stereocenters. The van der Waals surface area contributed by atoms with Crippen LogP contribution in [0.1, 0.15) is 31.4 Å². The molecule has 1 aliphatic carbocycles. The van der Waals surface area contributed by atoms with Gasteiger partial charge in [0.1, 0.15) is 5.69 Å². The largest absolute Gasteiger partial charge is 0.409 e. The summed E-state index contributed by atoms with van der Waals surface area (Å²) in [6.45, 7) is 4.09. The van der Waals surface area contributed by atoms with Crippen LogP contribution in [0.5, 0.6) is 0 Å². The summed E-state index contributed by atoms with van der Waals surface area (Å²) in [5, 5.41) is 12.0. The van der Waals surface area contributed by atoms with Crippen LogP contribution in [0.15, 0.2) is 23.5 Å². The molecule has 0 radical (unpaired) electrons. The molecule has 0 aromatic carbocycles. The summed E-state index contributed by atoms with van der Waals surface area (Å²) in [5.74, 6) is 0.0730. The van der Waals surface area contributed by atoms with E-state index in [0.717, 1.165) is 37.9 Å². The molecule has 2 heterocycles. The van der Waals surface area contributed by atoms with Crippen LogP contribution in [0.4, 0.5) is 5.69 Å². The van der Waals surface area contributed by atoms with Crippen molar-refractivity contribution >= 4 is 11.5 Å². The summed E-state index contributed by atoms with van der Waals surface area (Å²) >= 11 is 0. The standard InChI is InChI=1S/C15H23N5O/c16-15(18-21)14-13(6-3-7-17-14)20-10-8-19(9-11-20)12-4-1-2-5-12/h3,6-7,12,21H,1-2,4-5,8-11H2,(H2,16,18). The van der Waals surface area contributed by atoms with Gasteiger partial charge in [-0.15, -0.1) is 0 Å². The van der Waals surface area contributed by atoms with E-state index in [2.05, 4.69) is 19.9 Å². The van der Waals surface area contributed by atoms with E-state index in [0.29, 0.717) is 5.69 Å². The van der Waals surface area contributed by atoms with Crippen LogP contribution in [-0.4, -0.2) is 53.1 Å². The van der Waals surface area contributed by atoms with E-state index in [1.54, 1.807) is 6.20 Å². The fraction of sp³-hybridized carbons (Fsp3) is 0.600. The van der Waals surface area contributed by atoms with Crippen molar-refractivity contribution in [2.75, 3.05) is 31.1 Å². The second-order valence-electron chi connectivity index (χ2n) is 5.82. The Bertz CT molecular complexity index is 505. The van der Waals surface area contributed by atoms with Crippen LogP contribution in [0.2, 0.25) is 0 Å². The van der Waals surface area contributed by atoms with Gasteiger partial charge in [0, 0.05) is 38.4 Å². The zero-order valence-electron chi connectivity index (χ0n) is 12.3. The van der Waals surface area contributed by atoms with E-state index in [4.69, 9.17) is 10.9 Å². The Morgan fingerprint density at radius 1 is 1.24 bits per heavy atom. The molecule has 6 heteroatoms. The molecule has 0 spiro atoms. The minimum absolute atomic E-state index is 0.0730. The lowest BCUT2D eigenvalue weighted by Crippen LogP contribution is -2.50. The Balaban J connectivity index is 1.69. The summed E-state index contributed by atoms with van der Waals surface area (Å²) in [7, 11) is 0. The number of anilines is 1. The van der Waals surface area contributed by atoms with Crippen LogP contribution in [0.3, 0.4) is 0 Å². The predicted octanol–water partition coefficient (Wildman–Crippen LogP) is 1.24. The molecular formula is C15H23N5O. The van der Waals surface area contributed by atoms with Crippen LogP contribution in [-0.2, 0) is 0 Å². The highest BCUT2D eigenvalue weighted by atomic mass is 16.4. The number of hydrogen-bond donors (Lipinski definition) is 2. The molecule has 0 bridgehead atoms. The minimum atomic E-state index is 0.0730. The molecule has 21 heavy (non-hydrogen) atoms. The van der Waals surface area contributed by atoms with Crippen LogP contribution >= 0.6 is 0 Å². The van der Waals surface area contributed by atoms with Gasteiger partial charge < -0.3 is 15.8 Å². The molecule has 3 N–H and O–H groups in total. The molecule has 0 amide bonds. The quantitative estimate of drug-likeness (QED) is 0.379. The molecule has 2 fully saturated rings. The number of pyridine rings is 1. The number of oxime groups is 1. The second-order valence-corrected chi connectivity index (χ2v) is 5.82. The third-order valence-electron chi connectivity index (χ3n) is 4.63. The minimum Gasteiger partial charge on any atom is -0.409 e. The third kappa shape index (κ3) is 2.95. The zero-order valence-corrected chi connectivity index (χ0v) is 12.3. The Labute approximate surface area is 125 Å². The Morgan fingerprint density at radius 2 is 1.95 bits per heavy atom. The van der Waals surface area contributed by atoms with Gasteiger partial charge in [0.15, 0.2) is 5.84 Å². The first-order valence-electron chi connectivity index (χ1n) is 7.71. The van der Waals surface area contributed by atoms with Crippen LogP contribution < -0.4 is 10.6 Å². The Kier molecular flexibility index (Phi) is 4.24. The number of piperazine rings is 1. The number of aromatic nitrogens is 1. The fourth-order valence-corrected chi connectivity index (χ4v) is 3.49. The van der Waals surface area contributed by atoms with Crippen molar-refractivity contribution in [3.8, 4) is 0 Å². The normalized spacial score (nSPS) is 21.9. The summed E-state index contributed by atoms with van der Waals surface area (Å²) in [6, 6.07) is 4.67. The summed E-state index contributed by atoms with van der Waals surface area (Å²) in [5.41, 5.74) is 7.25. The maximum absolute atomic E-state index is 8.89. The number of nitrogens with zero attached hydrogens (tertiary/aromatic N) is 4. The summed E-state index contributed by atoms with van der Waals surface area (Å²) < 4.78 is 0. The fourth-order valence-electron chi connectivity index (χ4n) is 3.49. The van der Waals surface area contributed by atoms with E-state index in [-0.39, 0.29) is 5.84 Å². The van der Waals surface area contributed by atoms with Gasteiger partial charge in [0.05, 0.1) is 5.69 Å². The van der Waals surface area contributed by atoms with Gasteiger partial charge in [-0.05, 0) is 25.0 Å². The molecule has 3 rings (SSSR count). The van der Waals surface area contributed by atoms with Crippen molar-refractivity contribution in [3.63, 3.8) is 0 Å². The van der Waals surface area contributed by atoms with Gasteiger partial charge in [-0.1, -0.05) is 18.0 Å². The lowest BCUT2D eigenvalue weighted by molar-refractivity contribution is 0.187. The van der Waals surface area contributed by atoms with Gasteiger partial charge in [0.2, 0.25) is 0 Å². The smallest absolute Gasteiger partial charge is 0.190 e. The predicted molar refractivity (Wildman–Crippen MR) is 82.8 cm³/mol. The molecular weight excluding hydrogens is 266 g/mol. The Morgan fingerprint density at radius 3 is 2.62 bits per heavy atom. The van der Waals surface area contributed by atoms with Crippen LogP contribution in [0, 0.1) is 0 Å². The summed E-state index contributed by atoms with van der Waals surface area (Å²) in [6.07, 6.45) is 7.12. The first-order valence-corrected chi connectivity index (χ1v) is 7.71. The van der Waals surface area contributed by atoms with Gasteiger partial charge in [-0.3, -0.25) is 9.88 Å². The topological polar surface area (TPSA) is 78.0 Å². The van der Waals surface area contributed by atoms with Crippen molar-refractivity contribution in [1.82, 2.24) is 9.88 Å². The molecule has 114 valence electrons. The van der Waals surface area contributed by atoms with Crippen molar-refractivity contribution in [2.24, 2.45) is 10.9 Å². The number of rotatable bonds is 3. The maximum Gasteiger partial charge on any atom is 0.190 e. The summed E-state index contributed by atoms with van der Waals surface area (Å²) in [4.78, 5) is 9.15. The molecule has 0 atom stereocenters. The average Bonchev–Trinajstić information content (AvgIpc) is 3.09. The van der Waals surface area contributed by atoms with Crippen molar-refractivity contribution < 1.29 is 5.21 Å². The van der Waals surface area contributed by atoms with E-state index >= 15 is 0 Å². The van der Waals surface area contributed by atoms with E-state index in [1.165, 1.54) is 25.7 Å². The van der Waals surface area contributed by atoms with Gasteiger partial charge >= 0.3 is 0 Å². The van der Waals surface area contributed by atoms with E-state index in [9.17, 15) is 0 Å². The average molecular weight is 289 g/mol. The third-order valence-corrected chi connectivity index (χ3v) is 4.63. The molecule has 1 saturated heterocycles. The zero-order chi connectivity index (χ0) is 14.7. The molecule has 1 aromatic rings. The van der Waals surface area contributed by atoms with Gasteiger partial charge in [-0.2, -0.15) is 0 Å². The highest BCUT2D eigenvalue weighted by molar-refractivity contribution is 6.00. The molecule has 1 aromatic heterocycles. The molecule has 1 aliphatic heterocycles. The van der Waals surface area contributed by atoms with Crippen LogP contribution in [0.25, 0.3) is 0 Å². The van der Waals surface area contributed by atoms with Crippen molar-refractivity contribution in [1.29, 1.82) is 0 Å². The second kappa shape index (κ2) is 6.30. The molecule has 1 saturated carbocycles. The van der Waals surface area contributed by atoms with Crippen molar-refractivity contribution in [2.45, 2.75) is 31.7 Å². The lowest BCUT2D eigenvalue weighted by Gasteiger charge is -2.39. The monoisotopic (exact) mass is 289 g/mol. The van der Waals surface area contributed by atoms with E-state index in [1.807, 2.05) is 12.1 Å². The molecule has 6 nitrogen and oxygen atoms in total. The highest BCUT2D eigenvalue weighted by Gasteiger charge is 2.27. The van der Waals surface area contributed by atoms with Crippen molar-refractivity contribution in [3.05, 3.63) is 24.0 Å². The maximum atomic E-state index is 8.89. The first-order chi connectivity index (χ1) is 10.3. The van der Waals surface area contributed by atoms with Gasteiger partial charge in [-0.25, -0.2) is 0 Å². The first kappa shape index (κ1) is 14.1. The SMILES string of the molecule is N/C(=N/O)c1ncccc1N1CCN(C2CCCC2)CC1. The number of amidine groups is 1. The molecule has 2 aliphatic rings. The number of nitrogens with two attached hydrogens (primary N) is 1. The van der Waals surface area contributed by atoms with E-state index < -0.39 is 0 Å². The lowest BCUT2D eigenvalue weighted by atomic mass is 10.1. The number of hydrogen-bond acceptors (Lipinski definition) is 5.